The summed E-state index contributed by atoms with van der Waals surface area (Å²) >= 11 is 0. The van der Waals surface area contributed by atoms with E-state index in [0.29, 0.717) is 17.3 Å². The lowest BCUT2D eigenvalue weighted by Crippen LogP contribution is -2.06. The number of aliphatic imine (C=N–C) groups is 1. The molecular formula is C23H10F5N. The van der Waals surface area contributed by atoms with Gasteiger partial charge in [0.2, 0.25) is 5.82 Å². The van der Waals surface area contributed by atoms with Crippen molar-refractivity contribution in [1.29, 1.82) is 0 Å². The highest BCUT2D eigenvalue weighted by atomic mass is 19.2. The Morgan fingerprint density at radius 2 is 1.07 bits per heavy atom. The Bertz CT molecular complexity index is 1410. The SMILES string of the molecule is Fc1c(F)c(F)c(C=Nc2ccc3ccc4cccc5ccc2c3c45)c(F)c1F. The van der Waals surface area contributed by atoms with Crippen molar-refractivity contribution < 1.29 is 22.0 Å². The third kappa shape index (κ3) is 2.49. The number of halogens is 5. The van der Waals surface area contributed by atoms with E-state index in [9.17, 15) is 22.0 Å². The van der Waals surface area contributed by atoms with Gasteiger partial charge in [-0.1, -0.05) is 48.5 Å². The van der Waals surface area contributed by atoms with Crippen molar-refractivity contribution in [2.75, 3.05) is 0 Å². The van der Waals surface area contributed by atoms with E-state index >= 15 is 0 Å². The summed E-state index contributed by atoms with van der Waals surface area (Å²) in [5.74, 6) is -10.0. The van der Waals surface area contributed by atoms with E-state index in [1.807, 2.05) is 42.5 Å². The van der Waals surface area contributed by atoms with E-state index < -0.39 is 34.6 Å². The van der Waals surface area contributed by atoms with Crippen LogP contribution in [-0.2, 0) is 0 Å². The van der Waals surface area contributed by atoms with Crippen molar-refractivity contribution >= 4 is 44.2 Å². The molecule has 0 aliphatic carbocycles. The fourth-order valence-corrected chi connectivity index (χ4v) is 3.70. The Morgan fingerprint density at radius 3 is 1.72 bits per heavy atom. The zero-order valence-corrected chi connectivity index (χ0v) is 14.6. The van der Waals surface area contributed by atoms with E-state index in [4.69, 9.17) is 0 Å². The molecule has 0 N–H and O–H groups in total. The van der Waals surface area contributed by atoms with Crippen molar-refractivity contribution in [3.63, 3.8) is 0 Å². The molecule has 5 rings (SSSR count). The van der Waals surface area contributed by atoms with Crippen LogP contribution in [0.1, 0.15) is 5.56 Å². The molecule has 0 aromatic heterocycles. The van der Waals surface area contributed by atoms with Gasteiger partial charge in [0.05, 0.1) is 11.3 Å². The molecule has 6 heteroatoms. The van der Waals surface area contributed by atoms with E-state index in [1.54, 1.807) is 12.1 Å². The molecule has 142 valence electrons. The fraction of sp³-hybridized carbons (Fsp3) is 0. The van der Waals surface area contributed by atoms with Crippen LogP contribution in [0.4, 0.5) is 27.6 Å². The molecule has 0 amide bonds. The molecule has 0 fully saturated rings. The van der Waals surface area contributed by atoms with Gasteiger partial charge in [-0.2, -0.15) is 0 Å². The lowest BCUT2D eigenvalue weighted by molar-refractivity contribution is 0.377. The second-order valence-electron chi connectivity index (χ2n) is 6.68. The largest absolute Gasteiger partial charge is 0.255 e. The average Bonchev–Trinajstić information content (AvgIpc) is 2.75. The number of hydrogen-bond donors (Lipinski definition) is 0. The van der Waals surface area contributed by atoms with E-state index in [2.05, 4.69) is 4.99 Å². The van der Waals surface area contributed by atoms with Crippen molar-refractivity contribution in [2.24, 2.45) is 4.99 Å². The molecule has 0 bridgehead atoms. The summed E-state index contributed by atoms with van der Waals surface area (Å²) in [5, 5.41) is 5.68. The minimum absolute atomic E-state index is 0.361. The predicted octanol–water partition coefficient (Wildman–Crippen LogP) is 7.03. The van der Waals surface area contributed by atoms with Crippen LogP contribution < -0.4 is 0 Å². The zero-order chi connectivity index (χ0) is 20.3. The minimum Gasteiger partial charge on any atom is -0.255 e. The first kappa shape index (κ1) is 17.6. The summed E-state index contributed by atoms with van der Waals surface area (Å²) in [6.07, 6.45) is 0.669. The average molecular weight is 395 g/mol. The smallest absolute Gasteiger partial charge is 0.200 e. The van der Waals surface area contributed by atoms with Crippen molar-refractivity contribution in [1.82, 2.24) is 0 Å². The van der Waals surface area contributed by atoms with Crippen molar-refractivity contribution in [2.45, 2.75) is 0 Å². The number of nitrogens with zero attached hydrogens (tertiary/aromatic N) is 1. The molecular weight excluding hydrogens is 385 g/mol. The third-order valence-corrected chi connectivity index (χ3v) is 5.08. The van der Waals surface area contributed by atoms with Gasteiger partial charge >= 0.3 is 0 Å². The van der Waals surface area contributed by atoms with Gasteiger partial charge in [-0.15, -0.1) is 0 Å². The molecule has 5 aromatic rings. The third-order valence-electron chi connectivity index (χ3n) is 5.08. The Kier molecular flexibility index (Phi) is 3.77. The molecule has 5 aromatic carbocycles. The van der Waals surface area contributed by atoms with Gasteiger partial charge in [-0.05, 0) is 33.0 Å². The molecule has 0 radical (unpaired) electrons. The molecule has 29 heavy (non-hydrogen) atoms. The topological polar surface area (TPSA) is 12.4 Å². The number of rotatable bonds is 2. The Hall–Kier alpha value is -3.54. The van der Waals surface area contributed by atoms with E-state index in [-0.39, 0.29) is 0 Å². The molecule has 0 heterocycles. The summed E-state index contributed by atoms with van der Waals surface area (Å²) in [7, 11) is 0. The standard InChI is InChI=1S/C23H10F5N/c24-19-15(20(25)22(27)23(28)21(19)26)10-29-16-9-7-13-5-4-11-2-1-3-12-6-8-14(16)18(13)17(11)12/h1-10H. The first-order valence-corrected chi connectivity index (χ1v) is 8.69. The molecule has 0 saturated carbocycles. The monoisotopic (exact) mass is 395 g/mol. The molecule has 1 nitrogen and oxygen atoms in total. The minimum atomic E-state index is -2.19. The molecule has 0 aliphatic rings. The first-order valence-electron chi connectivity index (χ1n) is 8.69. The van der Waals surface area contributed by atoms with Gasteiger partial charge in [-0.3, -0.25) is 4.99 Å². The van der Waals surface area contributed by atoms with Crippen LogP contribution in [0.5, 0.6) is 0 Å². The van der Waals surface area contributed by atoms with Crippen LogP contribution in [-0.4, -0.2) is 6.21 Å². The predicted molar refractivity (Wildman–Crippen MR) is 104 cm³/mol. The highest BCUT2D eigenvalue weighted by Crippen LogP contribution is 2.38. The van der Waals surface area contributed by atoms with Gasteiger partial charge in [0, 0.05) is 11.6 Å². The second-order valence-corrected chi connectivity index (χ2v) is 6.68. The van der Waals surface area contributed by atoms with Gasteiger partial charge in [-0.25, -0.2) is 22.0 Å². The molecule has 0 saturated heterocycles. The van der Waals surface area contributed by atoms with Crippen molar-refractivity contribution in [3.8, 4) is 0 Å². The highest BCUT2D eigenvalue weighted by molar-refractivity contribution is 6.25. The molecule has 0 aliphatic heterocycles. The van der Waals surface area contributed by atoms with Crippen LogP contribution in [0.3, 0.4) is 0 Å². The maximum absolute atomic E-state index is 13.9. The second kappa shape index (κ2) is 6.24. The molecule has 0 spiro atoms. The number of benzene rings is 5. The van der Waals surface area contributed by atoms with Crippen LogP contribution >= 0.6 is 0 Å². The first-order chi connectivity index (χ1) is 14.0. The molecule has 0 atom stereocenters. The summed E-state index contributed by atoms with van der Waals surface area (Å²) < 4.78 is 68.0. The summed E-state index contributed by atoms with van der Waals surface area (Å²) in [4.78, 5) is 4.05. The summed E-state index contributed by atoms with van der Waals surface area (Å²) in [6.45, 7) is 0. The Balaban J connectivity index is 1.75. The highest BCUT2D eigenvalue weighted by Gasteiger charge is 2.24. The van der Waals surface area contributed by atoms with Crippen LogP contribution in [0, 0.1) is 29.1 Å². The van der Waals surface area contributed by atoms with Gasteiger partial charge in [0.1, 0.15) is 0 Å². The maximum atomic E-state index is 13.9. The van der Waals surface area contributed by atoms with Gasteiger partial charge in [0.15, 0.2) is 23.3 Å². The molecule has 0 unspecified atom stereocenters. The van der Waals surface area contributed by atoms with E-state index in [1.165, 1.54) is 0 Å². The number of hydrogen-bond acceptors (Lipinski definition) is 1. The van der Waals surface area contributed by atoms with Crippen molar-refractivity contribution in [3.05, 3.63) is 89.2 Å². The Labute approximate surface area is 161 Å². The zero-order valence-electron chi connectivity index (χ0n) is 14.6. The van der Waals surface area contributed by atoms with Crippen LogP contribution in [0.2, 0.25) is 0 Å². The van der Waals surface area contributed by atoms with Crippen LogP contribution in [0.15, 0.2) is 59.6 Å². The normalized spacial score (nSPS) is 12.2. The van der Waals surface area contributed by atoms with Crippen LogP contribution in [0.25, 0.3) is 32.3 Å². The fourth-order valence-electron chi connectivity index (χ4n) is 3.70. The Morgan fingerprint density at radius 1 is 0.552 bits per heavy atom. The lowest BCUT2D eigenvalue weighted by atomic mass is 9.93. The lowest BCUT2D eigenvalue weighted by Gasteiger charge is -2.12. The summed E-state index contributed by atoms with van der Waals surface area (Å²) in [5.41, 5.74) is -0.716. The van der Waals surface area contributed by atoms with Gasteiger partial charge < -0.3 is 0 Å². The summed E-state index contributed by atoms with van der Waals surface area (Å²) in [6, 6.07) is 17.0. The van der Waals surface area contributed by atoms with Gasteiger partial charge in [0.25, 0.3) is 0 Å². The quantitative estimate of drug-likeness (QED) is 0.100. The van der Waals surface area contributed by atoms with E-state index in [0.717, 1.165) is 26.9 Å². The maximum Gasteiger partial charge on any atom is 0.200 e.